The molecule has 3 aliphatic heterocycles. The third-order valence-corrected chi connectivity index (χ3v) is 13.9. The van der Waals surface area contributed by atoms with Crippen molar-refractivity contribution in [1.82, 2.24) is 47.3 Å². The zero-order valence-corrected chi connectivity index (χ0v) is 40.5. The van der Waals surface area contributed by atoms with Crippen LogP contribution in [0.15, 0.2) is 72.7 Å². The maximum atomic E-state index is 14.7. The minimum Gasteiger partial charge on any atom is -0.342 e. The van der Waals surface area contributed by atoms with E-state index in [1.807, 2.05) is 60.0 Å². The fraction of sp³-hybridized carbons (Fsp3) is 0.431. The topological polar surface area (TPSA) is 206 Å². The minimum absolute atomic E-state index is 0.0438. The number of nitrogens with one attached hydrogen (secondary N) is 1. The molecule has 70 heavy (non-hydrogen) atoms. The number of para-hydroxylation sites is 2. The van der Waals surface area contributed by atoms with Crippen LogP contribution in [-0.4, -0.2) is 85.4 Å². The Labute approximate surface area is 403 Å². The van der Waals surface area contributed by atoms with Gasteiger partial charge in [0.05, 0.1) is 42.9 Å². The van der Waals surface area contributed by atoms with Crippen molar-refractivity contribution < 1.29 is 0 Å². The molecule has 2 fully saturated rings. The van der Waals surface area contributed by atoms with Gasteiger partial charge in [0.2, 0.25) is 11.9 Å². The van der Waals surface area contributed by atoms with Gasteiger partial charge in [-0.2, -0.15) is 9.97 Å². The normalized spacial score (nSPS) is 19.1. The molecule has 2 aromatic carbocycles. The average molecular weight is 944 g/mol. The maximum absolute atomic E-state index is 14.7. The van der Waals surface area contributed by atoms with Crippen molar-refractivity contribution >= 4 is 56.7 Å². The standard InChI is InChI=1S/C51H57N15O4/c1-7-9-25-63-41-43(56-47(63)61-23-15-17-32(3)28-61)59(5)49(69)65(45(41)67)30-39-53-36-21-13-11-19-34(36)38(55-39)27-51(4)35-20-12-14-22-37(35)54-40(58-51)31-66-46(68)42-44(60(6)50(66)70)57-48(64(42)26-10-8-2)62-24-16-18-33(52)29-62/h11-14,19-22,32-33H,15-18,23-31,52H2,1-6H3,(H,54,58)/t32-,33-,51?/m1/s1. The number of imidazole rings is 2. The molecule has 360 valence electrons. The van der Waals surface area contributed by atoms with Crippen molar-refractivity contribution in [3.05, 3.63) is 107 Å². The number of aliphatic imine (C=N–C) groups is 1. The van der Waals surface area contributed by atoms with Crippen LogP contribution in [0.2, 0.25) is 0 Å². The highest BCUT2D eigenvalue weighted by molar-refractivity contribution is 5.98. The molecule has 3 atom stereocenters. The van der Waals surface area contributed by atoms with Gasteiger partial charge in [-0.3, -0.25) is 42.0 Å². The first kappa shape index (κ1) is 46.0. The van der Waals surface area contributed by atoms with Crippen molar-refractivity contribution in [2.24, 2.45) is 30.7 Å². The SMILES string of the molecule is CC#CCn1c(N2CCC[C@@H](N)C2)nc2c1c(=O)n(CC1=NC(C)(Cc3nc(Cn4c(=O)c5c(nc(N6CCC[C@@H](C)C6)n5CC#CC)n(C)c4=O)nc4ccccc34)c3ccccc3N1)c(=O)n2C. The van der Waals surface area contributed by atoms with Gasteiger partial charge in [-0.15, -0.1) is 11.8 Å². The zero-order chi connectivity index (χ0) is 49.0. The summed E-state index contributed by atoms with van der Waals surface area (Å²) in [6.45, 7) is 10.6. The van der Waals surface area contributed by atoms with Crippen molar-refractivity contribution in [3.63, 3.8) is 0 Å². The highest BCUT2D eigenvalue weighted by Gasteiger charge is 2.36. The van der Waals surface area contributed by atoms with Crippen LogP contribution in [0, 0.1) is 29.6 Å². The number of hydrogen-bond donors (Lipinski definition) is 2. The summed E-state index contributed by atoms with van der Waals surface area (Å²) in [4.78, 5) is 87.1. The molecular weight excluding hydrogens is 887 g/mol. The lowest BCUT2D eigenvalue weighted by atomic mass is 9.84. The lowest BCUT2D eigenvalue weighted by Gasteiger charge is -2.34. The second-order valence-electron chi connectivity index (χ2n) is 19.0. The Balaban J connectivity index is 1.05. The van der Waals surface area contributed by atoms with Crippen LogP contribution >= 0.6 is 0 Å². The number of fused-ring (bicyclic) bond motifs is 4. The maximum Gasteiger partial charge on any atom is 0.332 e. The van der Waals surface area contributed by atoms with Crippen molar-refractivity contribution in [2.45, 2.75) is 97.6 Å². The minimum atomic E-state index is -0.982. The second kappa shape index (κ2) is 18.3. The van der Waals surface area contributed by atoms with E-state index in [4.69, 9.17) is 30.7 Å². The molecule has 1 unspecified atom stereocenters. The molecule has 0 saturated carbocycles. The molecule has 19 nitrogen and oxygen atoms in total. The Morgan fingerprint density at radius 3 is 1.94 bits per heavy atom. The number of aromatic nitrogens is 10. The second-order valence-corrected chi connectivity index (χ2v) is 19.0. The predicted molar refractivity (Wildman–Crippen MR) is 273 cm³/mol. The quantitative estimate of drug-likeness (QED) is 0.190. The van der Waals surface area contributed by atoms with Crippen LogP contribution in [-0.2, 0) is 52.2 Å². The summed E-state index contributed by atoms with van der Waals surface area (Å²) in [6, 6.07) is 15.4. The first-order chi connectivity index (χ1) is 33.8. The first-order valence-electron chi connectivity index (χ1n) is 23.9. The summed E-state index contributed by atoms with van der Waals surface area (Å²) in [7, 11) is 3.25. The third kappa shape index (κ3) is 8.03. The van der Waals surface area contributed by atoms with Crippen LogP contribution in [0.25, 0.3) is 33.2 Å². The molecule has 0 bridgehead atoms. The molecule has 8 heterocycles. The van der Waals surface area contributed by atoms with E-state index >= 15 is 0 Å². The van der Waals surface area contributed by atoms with Gasteiger partial charge in [0.25, 0.3) is 11.1 Å². The molecule has 3 aliphatic rings. The van der Waals surface area contributed by atoms with Crippen LogP contribution in [0.5, 0.6) is 0 Å². The molecule has 5 aromatic heterocycles. The van der Waals surface area contributed by atoms with Gasteiger partial charge in [0.1, 0.15) is 11.7 Å². The highest BCUT2D eigenvalue weighted by Crippen LogP contribution is 2.39. The molecule has 2 saturated heterocycles. The summed E-state index contributed by atoms with van der Waals surface area (Å²) < 4.78 is 8.81. The molecule has 0 aliphatic carbocycles. The van der Waals surface area contributed by atoms with E-state index < -0.39 is 28.0 Å². The van der Waals surface area contributed by atoms with E-state index in [-0.39, 0.29) is 55.6 Å². The number of piperidine rings is 2. The number of aryl methyl sites for hydroxylation is 2. The Hall–Kier alpha value is -7.77. The number of nitrogens with two attached hydrogens (primary N) is 1. The van der Waals surface area contributed by atoms with E-state index in [0.29, 0.717) is 59.1 Å². The van der Waals surface area contributed by atoms with Gasteiger partial charge in [-0.05, 0) is 64.5 Å². The Kier molecular flexibility index (Phi) is 12.0. The van der Waals surface area contributed by atoms with E-state index in [2.05, 4.69) is 45.7 Å². The molecule has 0 amide bonds. The number of rotatable bonds is 10. The van der Waals surface area contributed by atoms with E-state index in [0.717, 1.165) is 55.4 Å². The van der Waals surface area contributed by atoms with Crippen molar-refractivity contribution in [1.29, 1.82) is 0 Å². The van der Waals surface area contributed by atoms with Gasteiger partial charge in [-0.25, -0.2) is 19.6 Å². The fourth-order valence-electron chi connectivity index (χ4n) is 10.5. The first-order valence-corrected chi connectivity index (χ1v) is 23.9. The largest absolute Gasteiger partial charge is 0.342 e. The van der Waals surface area contributed by atoms with Gasteiger partial charge < -0.3 is 20.9 Å². The van der Waals surface area contributed by atoms with Crippen LogP contribution in [0.4, 0.5) is 17.6 Å². The van der Waals surface area contributed by atoms with Crippen molar-refractivity contribution in [2.75, 3.05) is 41.3 Å². The number of nitrogens with zero attached hydrogens (tertiary/aromatic N) is 13. The summed E-state index contributed by atoms with van der Waals surface area (Å²) >= 11 is 0. The van der Waals surface area contributed by atoms with Crippen LogP contribution in [0.1, 0.15) is 70.5 Å². The number of anilines is 3. The van der Waals surface area contributed by atoms with Gasteiger partial charge in [-0.1, -0.05) is 55.2 Å². The third-order valence-electron chi connectivity index (χ3n) is 13.9. The molecule has 0 radical (unpaired) electrons. The smallest absolute Gasteiger partial charge is 0.332 e. The van der Waals surface area contributed by atoms with Crippen LogP contribution in [0.3, 0.4) is 0 Å². The van der Waals surface area contributed by atoms with Gasteiger partial charge in [0.15, 0.2) is 22.3 Å². The van der Waals surface area contributed by atoms with Gasteiger partial charge in [0, 0.05) is 69.4 Å². The lowest BCUT2D eigenvalue weighted by molar-refractivity contribution is 0.439. The molecule has 0 spiro atoms. The Morgan fingerprint density at radius 1 is 0.729 bits per heavy atom. The summed E-state index contributed by atoms with van der Waals surface area (Å²) in [6.07, 6.45) is 4.14. The molecular formula is C51H57N15O4. The molecule has 3 N–H and O–H groups in total. The molecule has 7 aromatic rings. The average Bonchev–Trinajstić information content (AvgIpc) is 3.94. The predicted octanol–water partition coefficient (Wildman–Crippen LogP) is 3.29. The summed E-state index contributed by atoms with van der Waals surface area (Å²) in [5.41, 5.74) is 7.33. The fourth-order valence-corrected chi connectivity index (χ4v) is 10.5. The number of hydrogen-bond acceptors (Lipinski definition) is 13. The van der Waals surface area contributed by atoms with Crippen LogP contribution < -0.4 is 43.3 Å². The summed E-state index contributed by atoms with van der Waals surface area (Å²) in [5.74, 6) is 14.4. The number of benzene rings is 2. The van der Waals surface area contributed by atoms with E-state index in [1.165, 1.54) is 18.3 Å². The van der Waals surface area contributed by atoms with Gasteiger partial charge >= 0.3 is 11.4 Å². The lowest BCUT2D eigenvalue weighted by Crippen LogP contribution is -2.44. The zero-order valence-electron chi connectivity index (χ0n) is 40.5. The van der Waals surface area contributed by atoms with E-state index in [9.17, 15) is 19.2 Å². The number of amidine groups is 1. The van der Waals surface area contributed by atoms with E-state index in [1.54, 1.807) is 32.5 Å². The Bertz CT molecular complexity index is 3660. The Morgan fingerprint density at radius 2 is 1.31 bits per heavy atom. The monoisotopic (exact) mass is 943 g/mol. The molecule has 10 rings (SSSR count). The molecule has 19 heteroatoms. The van der Waals surface area contributed by atoms with Crippen molar-refractivity contribution in [3.8, 4) is 23.7 Å². The summed E-state index contributed by atoms with van der Waals surface area (Å²) in [5, 5.41) is 4.20. The highest BCUT2D eigenvalue weighted by atomic mass is 16.2.